The van der Waals surface area contributed by atoms with E-state index < -0.39 is 0 Å². The number of nitrogens with one attached hydrogen (secondary N) is 1. The van der Waals surface area contributed by atoms with Crippen molar-refractivity contribution in [3.05, 3.63) is 23.8 Å². The maximum Gasteiger partial charge on any atom is 0.166 e. The predicted molar refractivity (Wildman–Crippen MR) is 69.2 cm³/mol. The first-order valence-corrected chi connectivity index (χ1v) is 6.08. The lowest BCUT2D eigenvalue weighted by Gasteiger charge is -2.03. The van der Waals surface area contributed by atoms with E-state index in [0.717, 1.165) is 21.6 Å². The van der Waals surface area contributed by atoms with Gasteiger partial charge in [0.1, 0.15) is 10.6 Å². The quantitative estimate of drug-likeness (QED) is 0.751. The van der Waals surface area contributed by atoms with Crippen LogP contribution in [0.4, 0.5) is 5.82 Å². The molecule has 3 rings (SSSR count). The van der Waals surface area contributed by atoms with E-state index in [4.69, 9.17) is 0 Å². The molecule has 86 valence electrons. The molecule has 0 fully saturated rings. The number of thiophene rings is 1. The number of hydrogen-bond donors (Lipinski definition) is 1. The molecule has 0 saturated carbocycles. The Morgan fingerprint density at radius 3 is 2.94 bits per heavy atom. The Balaban J connectivity index is 2.23. The number of aromatic nitrogens is 4. The lowest BCUT2D eigenvalue weighted by molar-refractivity contribution is 0.768. The Hall–Kier alpha value is -1.95. The largest absolute Gasteiger partial charge is 0.372 e. The number of hydrogen-bond acceptors (Lipinski definition) is 5. The van der Waals surface area contributed by atoms with Crippen molar-refractivity contribution in [1.82, 2.24) is 19.7 Å². The van der Waals surface area contributed by atoms with Gasteiger partial charge in [0, 0.05) is 20.3 Å². The van der Waals surface area contributed by atoms with Gasteiger partial charge in [0.25, 0.3) is 0 Å². The summed E-state index contributed by atoms with van der Waals surface area (Å²) in [5, 5.41) is 10.3. The Morgan fingerprint density at radius 2 is 2.24 bits per heavy atom. The van der Waals surface area contributed by atoms with Crippen LogP contribution in [0.1, 0.15) is 0 Å². The monoisotopic (exact) mass is 245 g/mol. The third-order valence-electron chi connectivity index (χ3n) is 2.52. The SMILES string of the molecule is CNc1nc(-c2cnn(C)c2)nc2sccc12. The van der Waals surface area contributed by atoms with E-state index in [0.29, 0.717) is 5.82 Å². The van der Waals surface area contributed by atoms with E-state index >= 15 is 0 Å². The van der Waals surface area contributed by atoms with Gasteiger partial charge < -0.3 is 5.32 Å². The second-order valence-electron chi connectivity index (χ2n) is 3.69. The summed E-state index contributed by atoms with van der Waals surface area (Å²) in [5.41, 5.74) is 0.930. The molecule has 0 amide bonds. The fraction of sp³-hybridized carbons (Fsp3) is 0.182. The summed E-state index contributed by atoms with van der Waals surface area (Å²) in [6.45, 7) is 0. The summed E-state index contributed by atoms with van der Waals surface area (Å²) < 4.78 is 1.75. The lowest BCUT2D eigenvalue weighted by Crippen LogP contribution is -1.96. The Bertz CT molecular complexity index is 669. The molecule has 5 nitrogen and oxygen atoms in total. The molecule has 3 aromatic heterocycles. The van der Waals surface area contributed by atoms with Crippen LogP contribution in [0.15, 0.2) is 23.8 Å². The van der Waals surface area contributed by atoms with Gasteiger partial charge in [0.15, 0.2) is 5.82 Å². The highest BCUT2D eigenvalue weighted by molar-refractivity contribution is 7.16. The van der Waals surface area contributed by atoms with Crippen molar-refractivity contribution >= 4 is 27.4 Å². The van der Waals surface area contributed by atoms with Gasteiger partial charge in [0.2, 0.25) is 0 Å². The maximum atomic E-state index is 4.54. The summed E-state index contributed by atoms with van der Waals surface area (Å²) in [6.07, 6.45) is 3.68. The van der Waals surface area contributed by atoms with Gasteiger partial charge in [-0.1, -0.05) is 0 Å². The minimum atomic E-state index is 0.706. The molecule has 3 heterocycles. The van der Waals surface area contributed by atoms with Crippen LogP contribution in [-0.2, 0) is 7.05 Å². The van der Waals surface area contributed by atoms with E-state index in [1.165, 1.54) is 0 Å². The van der Waals surface area contributed by atoms with Crippen LogP contribution < -0.4 is 5.32 Å². The van der Waals surface area contributed by atoms with Crippen molar-refractivity contribution in [3.63, 3.8) is 0 Å². The van der Waals surface area contributed by atoms with E-state index in [1.54, 1.807) is 22.2 Å². The van der Waals surface area contributed by atoms with E-state index in [2.05, 4.69) is 20.4 Å². The highest BCUT2D eigenvalue weighted by atomic mass is 32.1. The van der Waals surface area contributed by atoms with Crippen molar-refractivity contribution in [2.75, 3.05) is 12.4 Å². The molecular weight excluding hydrogens is 234 g/mol. The van der Waals surface area contributed by atoms with Crippen molar-refractivity contribution < 1.29 is 0 Å². The van der Waals surface area contributed by atoms with Crippen LogP contribution in [-0.4, -0.2) is 26.8 Å². The summed E-state index contributed by atoms with van der Waals surface area (Å²) in [5.74, 6) is 1.56. The van der Waals surface area contributed by atoms with Crippen LogP contribution in [0.25, 0.3) is 21.6 Å². The standard InChI is InChI=1S/C11H11N5S/c1-12-10-8-3-4-17-11(8)15-9(14-10)7-5-13-16(2)6-7/h3-6H,1-2H3,(H,12,14,15). The summed E-state index contributed by atoms with van der Waals surface area (Å²) in [7, 11) is 3.75. The highest BCUT2D eigenvalue weighted by Gasteiger charge is 2.10. The molecule has 0 radical (unpaired) electrons. The van der Waals surface area contributed by atoms with Crippen LogP contribution in [0.3, 0.4) is 0 Å². The van der Waals surface area contributed by atoms with Gasteiger partial charge >= 0.3 is 0 Å². The van der Waals surface area contributed by atoms with Gasteiger partial charge in [0.05, 0.1) is 17.1 Å². The smallest absolute Gasteiger partial charge is 0.166 e. The zero-order valence-corrected chi connectivity index (χ0v) is 10.3. The van der Waals surface area contributed by atoms with E-state index in [1.807, 2.05) is 31.7 Å². The van der Waals surface area contributed by atoms with Crippen LogP contribution in [0, 0.1) is 0 Å². The lowest BCUT2D eigenvalue weighted by atomic mass is 10.3. The molecule has 0 saturated heterocycles. The summed E-state index contributed by atoms with van der Waals surface area (Å²) >= 11 is 1.61. The first-order chi connectivity index (χ1) is 8.28. The summed E-state index contributed by atoms with van der Waals surface area (Å²) in [6, 6.07) is 2.03. The molecule has 0 unspecified atom stereocenters. The number of anilines is 1. The third kappa shape index (κ3) is 1.66. The zero-order valence-electron chi connectivity index (χ0n) is 9.51. The van der Waals surface area contributed by atoms with Crippen LogP contribution in [0.2, 0.25) is 0 Å². The van der Waals surface area contributed by atoms with Crippen LogP contribution in [0.5, 0.6) is 0 Å². The van der Waals surface area contributed by atoms with Crippen molar-refractivity contribution in [1.29, 1.82) is 0 Å². The molecule has 3 aromatic rings. The predicted octanol–water partition coefficient (Wildman–Crippen LogP) is 2.13. The molecular formula is C11H11N5S. The molecule has 0 bridgehead atoms. The molecule has 1 N–H and O–H groups in total. The normalized spacial score (nSPS) is 10.9. The number of rotatable bonds is 2. The number of fused-ring (bicyclic) bond motifs is 1. The van der Waals surface area contributed by atoms with Gasteiger partial charge in [-0.25, -0.2) is 9.97 Å². The summed E-state index contributed by atoms with van der Waals surface area (Å²) in [4.78, 5) is 10.0. The van der Waals surface area contributed by atoms with Crippen molar-refractivity contribution in [2.24, 2.45) is 7.05 Å². The molecule has 0 spiro atoms. The van der Waals surface area contributed by atoms with Crippen molar-refractivity contribution in [3.8, 4) is 11.4 Å². The number of nitrogens with zero attached hydrogens (tertiary/aromatic N) is 4. The van der Waals surface area contributed by atoms with Crippen molar-refractivity contribution in [2.45, 2.75) is 0 Å². The molecule has 0 aromatic carbocycles. The van der Waals surface area contributed by atoms with Crippen LogP contribution >= 0.6 is 11.3 Å². The minimum Gasteiger partial charge on any atom is -0.372 e. The molecule has 0 atom stereocenters. The topological polar surface area (TPSA) is 55.6 Å². The second-order valence-corrected chi connectivity index (χ2v) is 4.58. The van der Waals surface area contributed by atoms with E-state index in [-0.39, 0.29) is 0 Å². The maximum absolute atomic E-state index is 4.54. The van der Waals surface area contributed by atoms with Gasteiger partial charge in [-0.3, -0.25) is 4.68 Å². The average molecular weight is 245 g/mol. The first kappa shape index (κ1) is 10.2. The zero-order chi connectivity index (χ0) is 11.8. The fourth-order valence-corrected chi connectivity index (χ4v) is 2.48. The Labute approximate surface area is 102 Å². The first-order valence-electron chi connectivity index (χ1n) is 5.20. The van der Waals surface area contributed by atoms with Gasteiger partial charge in [-0.05, 0) is 11.4 Å². The Kier molecular flexibility index (Phi) is 2.29. The fourth-order valence-electron chi connectivity index (χ4n) is 1.71. The minimum absolute atomic E-state index is 0.706. The third-order valence-corrected chi connectivity index (χ3v) is 3.33. The Morgan fingerprint density at radius 1 is 1.35 bits per heavy atom. The molecule has 0 aliphatic rings. The van der Waals surface area contributed by atoms with E-state index in [9.17, 15) is 0 Å². The average Bonchev–Trinajstić information content (AvgIpc) is 2.95. The second kappa shape index (κ2) is 3.81. The van der Waals surface area contributed by atoms with Gasteiger partial charge in [-0.15, -0.1) is 11.3 Å². The molecule has 17 heavy (non-hydrogen) atoms. The highest BCUT2D eigenvalue weighted by Crippen LogP contribution is 2.27. The number of aryl methyl sites for hydroxylation is 1. The molecule has 0 aliphatic carbocycles. The van der Waals surface area contributed by atoms with Gasteiger partial charge in [-0.2, -0.15) is 5.10 Å². The molecule has 6 heteroatoms. The molecule has 0 aliphatic heterocycles.